The number of anilines is 1. The number of alkyl halides is 2. The Morgan fingerprint density at radius 1 is 1.12 bits per heavy atom. The Hall–Kier alpha value is -3.56. The van der Waals surface area contributed by atoms with Gasteiger partial charge in [-0.3, -0.25) is 4.79 Å². The minimum atomic E-state index is -3.02. The van der Waals surface area contributed by atoms with Crippen LogP contribution in [-0.2, 0) is 11.2 Å². The predicted octanol–water partition coefficient (Wildman–Crippen LogP) is 3.28. The molecular formula is C22H23F2N3O5. The zero-order chi connectivity index (χ0) is 22.8. The monoisotopic (exact) mass is 447 g/mol. The van der Waals surface area contributed by atoms with Crippen LogP contribution in [0.3, 0.4) is 0 Å². The van der Waals surface area contributed by atoms with E-state index in [0.29, 0.717) is 24.5 Å². The maximum Gasteiger partial charge on any atom is 0.387 e. The van der Waals surface area contributed by atoms with Crippen LogP contribution in [0.15, 0.2) is 36.4 Å². The van der Waals surface area contributed by atoms with Crippen LogP contribution >= 0.6 is 0 Å². The fraction of sp³-hybridized carbons (Fsp3) is 0.364. The summed E-state index contributed by atoms with van der Waals surface area (Å²) in [6, 6.07) is 8.72. The Bertz CT molecular complexity index is 1030. The van der Waals surface area contributed by atoms with Gasteiger partial charge in [-0.15, -0.1) is 0 Å². The van der Waals surface area contributed by atoms with E-state index in [0.717, 1.165) is 11.1 Å². The zero-order valence-electron chi connectivity index (χ0n) is 17.6. The fourth-order valence-electron chi connectivity index (χ4n) is 4.17. The van der Waals surface area contributed by atoms with Gasteiger partial charge in [-0.2, -0.15) is 8.78 Å². The molecule has 0 spiro atoms. The molecule has 10 heteroatoms. The highest BCUT2D eigenvalue weighted by Gasteiger charge is 2.39. The minimum Gasteiger partial charge on any atom is -0.493 e. The van der Waals surface area contributed by atoms with E-state index in [9.17, 15) is 18.4 Å². The highest BCUT2D eigenvalue weighted by molar-refractivity contribution is 5.94. The molecule has 0 radical (unpaired) electrons. The average Bonchev–Trinajstić information content (AvgIpc) is 2.78. The Kier molecular flexibility index (Phi) is 6.02. The quantitative estimate of drug-likeness (QED) is 0.761. The van der Waals surface area contributed by atoms with Gasteiger partial charge in [0.2, 0.25) is 5.91 Å². The Morgan fingerprint density at radius 2 is 1.84 bits per heavy atom. The van der Waals surface area contributed by atoms with Crippen LogP contribution in [-0.4, -0.2) is 62.2 Å². The third-order valence-electron chi connectivity index (χ3n) is 5.67. The molecule has 1 unspecified atom stereocenters. The van der Waals surface area contributed by atoms with E-state index in [4.69, 9.17) is 9.47 Å². The number of hydrogen-bond donors (Lipinski definition) is 1. The van der Waals surface area contributed by atoms with Crippen molar-refractivity contribution in [2.24, 2.45) is 0 Å². The molecule has 3 amide bonds. The molecule has 0 aromatic heterocycles. The van der Waals surface area contributed by atoms with Crippen LogP contribution in [0.4, 0.5) is 19.3 Å². The number of amides is 3. The summed E-state index contributed by atoms with van der Waals surface area (Å²) in [6.07, 6.45) is 0.669. The number of fused-ring (bicyclic) bond motifs is 3. The topological polar surface area (TPSA) is 80.3 Å². The molecule has 0 bridgehead atoms. The second-order valence-electron chi connectivity index (χ2n) is 7.44. The lowest BCUT2D eigenvalue weighted by molar-refractivity contribution is -0.139. The normalized spacial score (nSPS) is 17.5. The second-order valence-corrected chi connectivity index (χ2v) is 7.44. The summed E-state index contributed by atoms with van der Waals surface area (Å²) in [5.41, 5.74) is 2.01. The van der Waals surface area contributed by atoms with Crippen molar-refractivity contribution >= 4 is 17.6 Å². The smallest absolute Gasteiger partial charge is 0.387 e. The lowest BCUT2D eigenvalue weighted by Gasteiger charge is -2.44. The van der Waals surface area contributed by atoms with Gasteiger partial charge in [-0.1, -0.05) is 12.1 Å². The Balaban J connectivity index is 1.58. The van der Waals surface area contributed by atoms with E-state index in [1.165, 1.54) is 30.2 Å². The van der Waals surface area contributed by atoms with Gasteiger partial charge in [-0.05, 0) is 41.8 Å². The van der Waals surface area contributed by atoms with Crippen molar-refractivity contribution in [2.75, 3.05) is 39.2 Å². The molecule has 1 fully saturated rings. The van der Waals surface area contributed by atoms with Crippen molar-refractivity contribution in [3.8, 4) is 17.2 Å². The maximum absolute atomic E-state index is 12.9. The van der Waals surface area contributed by atoms with Crippen LogP contribution in [0, 0.1) is 0 Å². The number of piperazine rings is 1. The highest BCUT2D eigenvalue weighted by Crippen LogP contribution is 2.39. The molecule has 1 atom stereocenters. The van der Waals surface area contributed by atoms with Gasteiger partial charge in [0.1, 0.15) is 12.3 Å². The van der Waals surface area contributed by atoms with Crippen LogP contribution < -0.4 is 19.5 Å². The Morgan fingerprint density at radius 3 is 2.56 bits per heavy atom. The molecule has 1 N–H and O–H groups in total. The summed E-state index contributed by atoms with van der Waals surface area (Å²) in [6.45, 7) is -2.35. The van der Waals surface area contributed by atoms with E-state index >= 15 is 0 Å². The molecular weight excluding hydrogens is 424 g/mol. The Labute approximate surface area is 183 Å². The summed E-state index contributed by atoms with van der Waals surface area (Å²) in [4.78, 5) is 28.9. The van der Waals surface area contributed by atoms with E-state index < -0.39 is 12.6 Å². The number of benzene rings is 2. The van der Waals surface area contributed by atoms with Crippen LogP contribution in [0.1, 0.15) is 17.2 Å². The van der Waals surface area contributed by atoms with E-state index in [-0.39, 0.29) is 36.5 Å². The van der Waals surface area contributed by atoms with Gasteiger partial charge in [-0.25, -0.2) is 4.79 Å². The molecule has 32 heavy (non-hydrogen) atoms. The molecule has 170 valence electrons. The number of rotatable bonds is 5. The number of hydrogen-bond acceptors (Lipinski definition) is 5. The molecule has 4 rings (SSSR count). The fourth-order valence-corrected chi connectivity index (χ4v) is 4.17. The summed E-state index contributed by atoms with van der Waals surface area (Å²) in [7, 11) is 3.10. The van der Waals surface area contributed by atoms with Crippen molar-refractivity contribution in [3.05, 3.63) is 47.5 Å². The molecule has 1 saturated heterocycles. The van der Waals surface area contributed by atoms with Crippen molar-refractivity contribution in [2.45, 2.75) is 19.1 Å². The zero-order valence-corrected chi connectivity index (χ0v) is 17.6. The van der Waals surface area contributed by atoms with Gasteiger partial charge in [0.15, 0.2) is 11.5 Å². The van der Waals surface area contributed by atoms with E-state index in [2.05, 4.69) is 10.1 Å². The minimum absolute atomic E-state index is 0.100. The lowest BCUT2D eigenvalue weighted by atomic mass is 9.90. The highest BCUT2D eigenvalue weighted by atomic mass is 19.3. The predicted molar refractivity (Wildman–Crippen MR) is 111 cm³/mol. The molecule has 2 heterocycles. The number of methoxy groups -OCH3 is 2. The standard InChI is InChI=1S/C22H23F2N3O5/c1-30-18-9-13-7-8-27-16(14(13)10-19(18)31-2)11-26(12-20(27)28)22(29)25-15-5-3-4-6-17(15)32-21(23)24/h3-6,9-10,16,21H,7-8,11-12H2,1-2H3,(H,25,29). The summed E-state index contributed by atoms with van der Waals surface area (Å²) in [5, 5.41) is 2.58. The number of nitrogens with zero attached hydrogens (tertiary/aromatic N) is 2. The summed E-state index contributed by atoms with van der Waals surface area (Å²) in [5.74, 6) is 0.807. The molecule has 2 aromatic rings. The average molecular weight is 447 g/mol. The summed E-state index contributed by atoms with van der Waals surface area (Å²) >= 11 is 0. The van der Waals surface area contributed by atoms with Gasteiger partial charge >= 0.3 is 12.6 Å². The van der Waals surface area contributed by atoms with Crippen LogP contribution in [0.2, 0.25) is 0 Å². The number of halogens is 2. The van der Waals surface area contributed by atoms with Gasteiger partial charge in [0, 0.05) is 13.1 Å². The van der Waals surface area contributed by atoms with Crippen molar-refractivity contribution in [1.29, 1.82) is 0 Å². The summed E-state index contributed by atoms with van der Waals surface area (Å²) < 4.78 is 40.6. The maximum atomic E-state index is 12.9. The first-order valence-corrected chi connectivity index (χ1v) is 10.0. The second kappa shape index (κ2) is 8.89. The van der Waals surface area contributed by atoms with E-state index in [1.54, 1.807) is 18.1 Å². The lowest BCUT2D eigenvalue weighted by Crippen LogP contribution is -2.56. The van der Waals surface area contributed by atoms with Crippen molar-refractivity contribution in [1.82, 2.24) is 9.80 Å². The first-order chi connectivity index (χ1) is 15.4. The molecule has 2 aromatic carbocycles. The first-order valence-electron chi connectivity index (χ1n) is 10.0. The van der Waals surface area contributed by atoms with E-state index in [1.807, 2.05) is 12.1 Å². The number of carbonyl (C=O) groups is 2. The third-order valence-corrected chi connectivity index (χ3v) is 5.67. The number of para-hydroxylation sites is 2. The number of urea groups is 1. The third kappa shape index (κ3) is 4.12. The molecule has 0 aliphatic carbocycles. The van der Waals surface area contributed by atoms with Crippen molar-refractivity contribution in [3.63, 3.8) is 0 Å². The molecule has 0 saturated carbocycles. The number of ether oxygens (including phenoxy) is 3. The van der Waals surface area contributed by atoms with Gasteiger partial charge in [0.05, 0.1) is 25.9 Å². The molecule has 8 nitrogen and oxygen atoms in total. The van der Waals surface area contributed by atoms with Crippen LogP contribution in [0.5, 0.6) is 17.2 Å². The molecule has 2 aliphatic heterocycles. The van der Waals surface area contributed by atoms with Crippen LogP contribution in [0.25, 0.3) is 0 Å². The SMILES string of the molecule is COc1cc2c(cc1OC)C1CN(C(=O)Nc3ccccc3OC(F)F)CC(=O)N1CC2. The van der Waals surface area contributed by atoms with Crippen molar-refractivity contribution < 1.29 is 32.6 Å². The number of nitrogens with one attached hydrogen (secondary N) is 1. The van der Waals surface area contributed by atoms with Gasteiger partial charge < -0.3 is 29.3 Å². The molecule has 2 aliphatic rings. The first kappa shape index (κ1) is 21.7. The number of carbonyl (C=O) groups excluding carboxylic acids is 2. The van der Waals surface area contributed by atoms with Gasteiger partial charge in [0.25, 0.3) is 0 Å². The largest absolute Gasteiger partial charge is 0.493 e.